The third-order valence-corrected chi connectivity index (χ3v) is 8.73. The molecule has 4 aliphatic rings. The lowest BCUT2D eigenvalue weighted by atomic mass is 9.47. The molecule has 1 aromatic rings. The smallest absolute Gasteiger partial charge is 0.0631 e. The van der Waals surface area contributed by atoms with Crippen LogP contribution in [0.25, 0.3) is 5.57 Å². The summed E-state index contributed by atoms with van der Waals surface area (Å²) in [7, 11) is 0. The van der Waals surface area contributed by atoms with Crippen LogP contribution in [-0.2, 0) is 4.74 Å². The Morgan fingerprint density at radius 2 is 1.96 bits per heavy atom. The Morgan fingerprint density at radius 1 is 1.08 bits per heavy atom. The van der Waals surface area contributed by atoms with Crippen molar-refractivity contribution in [3.05, 3.63) is 35.7 Å². The van der Waals surface area contributed by atoms with Gasteiger partial charge in [0.25, 0.3) is 0 Å². The summed E-state index contributed by atoms with van der Waals surface area (Å²) in [5.41, 5.74) is 5.00. The highest BCUT2D eigenvalue weighted by Crippen LogP contribution is 2.65. The van der Waals surface area contributed by atoms with Gasteiger partial charge in [-0.2, -0.15) is 0 Å². The van der Waals surface area contributed by atoms with Crippen molar-refractivity contribution in [1.29, 1.82) is 0 Å². The molecule has 0 unspecified atom stereocenters. The molecule has 1 saturated heterocycles. The van der Waals surface area contributed by atoms with Crippen LogP contribution in [-0.4, -0.2) is 17.7 Å². The Labute approximate surface area is 158 Å². The summed E-state index contributed by atoms with van der Waals surface area (Å²) in [6.45, 7) is 8.27. The van der Waals surface area contributed by atoms with E-state index in [1.165, 1.54) is 56.1 Å². The molecule has 0 aromatic carbocycles. The first-order chi connectivity index (χ1) is 12.5. The average molecular weight is 352 g/mol. The van der Waals surface area contributed by atoms with Crippen LogP contribution in [0.4, 0.5) is 0 Å². The van der Waals surface area contributed by atoms with Gasteiger partial charge in [0.1, 0.15) is 0 Å². The second-order valence-corrected chi connectivity index (χ2v) is 9.98. The molecular weight excluding hydrogens is 318 g/mol. The Hall–Kier alpha value is -1.15. The summed E-state index contributed by atoms with van der Waals surface area (Å²) in [5, 5.41) is 0. The van der Waals surface area contributed by atoms with E-state index in [0.29, 0.717) is 16.9 Å². The van der Waals surface area contributed by atoms with Crippen LogP contribution in [0.15, 0.2) is 24.5 Å². The molecule has 1 aromatic heterocycles. The SMILES string of the molecule is Cc1cncc(C2=CC[C@H]3[C@@H]4CC[C@H]5OCCC[C@]5(C)[C@H]4CC[C@]23C)c1. The second-order valence-electron chi connectivity index (χ2n) is 9.98. The summed E-state index contributed by atoms with van der Waals surface area (Å²) >= 11 is 0. The van der Waals surface area contributed by atoms with Gasteiger partial charge in [-0.25, -0.2) is 0 Å². The number of pyridine rings is 1. The van der Waals surface area contributed by atoms with Crippen molar-refractivity contribution in [2.45, 2.75) is 71.8 Å². The minimum Gasteiger partial charge on any atom is -0.378 e. The molecule has 0 N–H and O–H groups in total. The van der Waals surface area contributed by atoms with Crippen LogP contribution in [0.3, 0.4) is 0 Å². The Balaban J connectivity index is 1.46. The zero-order chi connectivity index (χ0) is 17.9. The summed E-state index contributed by atoms with van der Waals surface area (Å²) in [5.74, 6) is 2.56. The maximum atomic E-state index is 6.25. The van der Waals surface area contributed by atoms with Gasteiger partial charge in [0.15, 0.2) is 0 Å². The van der Waals surface area contributed by atoms with E-state index in [1.54, 1.807) is 5.57 Å². The number of ether oxygens (including phenoxy) is 1. The average Bonchev–Trinajstić information content (AvgIpc) is 2.98. The van der Waals surface area contributed by atoms with Gasteiger partial charge in [-0.05, 0) is 103 Å². The van der Waals surface area contributed by atoms with E-state index in [4.69, 9.17) is 4.74 Å². The Kier molecular flexibility index (Phi) is 3.87. The molecule has 2 nitrogen and oxygen atoms in total. The van der Waals surface area contributed by atoms with Crippen LogP contribution in [0.5, 0.6) is 0 Å². The predicted molar refractivity (Wildman–Crippen MR) is 106 cm³/mol. The largest absolute Gasteiger partial charge is 0.378 e. The van der Waals surface area contributed by atoms with Gasteiger partial charge in [0.2, 0.25) is 0 Å². The fourth-order valence-electron chi connectivity index (χ4n) is 7.44. The maximum Gasteiger partial charge on any atom is 0.0631 e. The standard InChI is InChI=1S/C24H33NO/c1-16-13-17(15-25-14-16)19-6-7-20-18-5-8-22-24(3,10-4-12-26-22)21(18)9-11-23(19,20)2/h6,13-15,18,20-22H,4-5,7-12H2,1-3H3/t18-,20-,21-,22+,23+,24+/m0/s1. The topological polar surface area (TPSA) is 22.1 Å². The van der Waals surface area contributed by atoms with E-state index in [2.05, 4.69) is 44.1 Å². The molecule has 5 rings (SSSR count). The highest BCUT2D eigenvalue weighted by Gasteiger charge is 2.58. The van der Waals surface area contributed by atoms with E-state index in [1.807, 2.05) is 6.20 Å². The molecule has 26 heavy (non-hydrogen) atoms. The van der Waals surface area contributed by atoms with Gasteiger partial charge in [-0.3, -0.25) is 4.98 Å². The number of aromatic nitrogens is 1. The van der Waals surface area contributed by atoms with E-state index in [-0.39, 0.29) is 0 Å². The molecule has 1 aliphatic heterocycles. The molecule has 0 amide bonds. The summed E-state index contributed by atoms with van der Waals surface area (Å²) in [4.78, 5) is 4.49. The highest BCUT2D eigenvalue weighted by molar-refractivity contribution is 5.72. The number of nitrogens with zero attached hydrogens (tertiary/aromatic N) is 1. The molecule has 140 valence electrons. The minimum absolute atomic E-state index is 0.343. The number of hydrogen-bond donors (Lipinski definition) is 0. The molecule has 6 atom stereocenters. The molecular formula is C24H33NO. The maximum absolute atomic E-state index is 6.25. The van der Waals surface area contributed by atoms with Gasteiger partial charge in [0.05, 0.1) is 6.10 Å². The summed E-state index contributed by atoms with van der Waals surface area (Å²) < 4.78 is 6.25. The third-order valence-electron chi connectivity index (χ3n) is 8.73. The fourth-order valence-corrected chi connectivity index (χ4v) is 7.44. The van der Waals surface area contributed by atoms with Crippen LogP contribution < -0.4 is 0 Å². The summed E-state index contributed by atoms with van der Waals surface area (Å²) in [6, 6.07) is 2.34. The quantitative estimate of drug-likeness (QED) is 0.637. The molecule has 2 heterocycles. The monoisotopic (exact) mass is 351 g/mol. The van der Waals surface area contributed by atoms with Gasteiger partial charge in [0, 0.05) is 19.0 Å². The lowest BCUT2D eigenvalue weighted by Gasteiger charge is -2.59. The number of aryl methyl sites for hydroxylation is 1. The molecule has 2 heteroatoms. The first-order valence-corrected chi connectivity index (χ1v) is 10.8. The van der Waals surface area contributed by atoms with Crippen molar-refractivity contribution >= 4 is 5.57 Å². The molecule has 3 aliphatic carbocycles. The molecule has 3 fully saturated rings. The normalized spacial score (nSPS) is 44.7. The number of allylic oxidation sites excluding steroid dienone is 2. The van der Waals surface area contributed by atoms with Crippen LogP contribution in [0, 0.1) is 35.5 Å². The van der Waals surface area contributed by atoms with E-state index < -0.39 is 0 Å². The van der Waals surface area contributed by atoms with Crippen molar-refractivity contribution in [1.82, 2.24) is 4.98 Å². The number of hydrogen-bond acceptors (Lipinski definition) is 2. The molecule has 0 spiro atoms. The van der Waals surface area contributed by atoms with E-state index in [0.717, 1.165) is 24.4 Å². The lowest BCUT2D eigenvalue weighted by molar-refractivity contribution is -0.168. The Morgan fingerprint density at radius 3 is 2.81 bits per heavy atom. The van der Waals surface area contributed by atoms with Gasteiger partial charge in [-0.15, -0.1) is 0 Å². The highest BCUT2D eigenvalue weighted by atomic mass is 16.5. The Bertz CT molecular complexity index is 739. The second kappa shape index (κ2) is 5.92. The van der Waals surface area contributed by atoms with Crippen molar-refractivity contribution < 1.29 is 4.74 Å². The molecule has 2 saturated carbocycles. The zero-order valence-corrected chi connectivity index (χ0v) is 16.6. The third kappa shape index (κ3) is 2.30. The van der Waals surface area contributed by atoms with Crippen molar-refractivity contribution in [3.8, 4) is 0 Å². The first-order valence-electron chi connectivity index (χ1n) is 10.8. The van der Waals surface area contributed by atoms with Crippen LogP contribution >= 0.6 is 0 Å². The summed E-state index contributed by atoms with van der Waals surface area (Å²) in [6.07, 6.45) is 16.4. The number of fused-ring (bicyclic) bond motifs is 5. The van der Waals surface area contributed by atoms with Crippen molar-refractivity contribution in [2.24, 2.45) is 28.6 Å². The van der Waals surface area contributed by atoms with E-state index >= 15 is 0 Å². The van der Waals surface area contributed by atoms with Gasteiger partial charge >= 0.3 is 0 Å². The first kappa shape index (κ1) is 17.0. The predicted octanol–water partition coefficient (Wildman–Crippen LogP) is 5.80. The lowest BCUT2D eigenvalue weighted by Crippen LogP contribution is -2.55. The molecule has 0 bridgehead atoms. The zero-order valence-electron chi connectivity index (χ0n) is 16.6. The van der Waals surface area contributed by atoms with Crippen LogP contribution in [0.2, 0.25) is 0 Å². The fraction of sp³-hybridized carbons (Fsp3) is 0.708. The number of rotatable bonds is 1. The van der Waals surface area contributed by atoms with Crippen molar-refractivity contribution in [2.75, 3.05) is 6.61 Å². The van der Waals surface area contributed by atoms with E-state index in [9.17, 15) is 0 Å². The van der Waals surface area contributed by atoms with Crippen molar-refractivity contribution in [3.63, 3.8) is 0 Å². The van der Waals surface area contributed by atoms with Gasteiger partial charge in [-0.1, -0.05) is 19.9 Å². The van der Waals surface area contributed by atoms with Gasteiger partial charge < -0.3 is 4.74 Å². The minimum atomic E-state index is 0.343. The molecule has 0 radical (unpaired) electrons. The van der Waals surface area contributed by atoms with Crippen LogP contribution in [0.1, 0.15) is 69.9 Å².